The molecule has 2 aromatic heterocycles. The Morgan fingerprint density at radius 2 is 2.33 bits per heavy atom. The molecule has 1 aliphatic heterocycles. The van der Waals surface area contributed by atoms with Crippen molar-refractivity contribution in [3.63, 3.8) is 0 Å². The van der Waals surface area contributed by atoms with Crippen LogP contribution in [-0.2, 0) is 6.42 Å². The lowest BCUT2D eigenvalue weighted by Crippen LogP contribution is -2.25. The number of aryl methyl sites for hydroxylation is 1. The van der Waals surface area contributed by atoms with E-state index in [1.54, 1.807) is 0 Å². The first-order chi connectivity index (χ1) is 8.81. The van der Waals surface area contributed by atoms with Crippen molar-refractivity contribution < 1.29 is 0 Å². The minimum absolute atomic E-state index is 0.265. The van der Waals surface area contributed by atoms with Gasteiger partial charge in [-0.1, -0.05) is 13.0 Å². The number of anilines is 1. The van der Waals surface area contributed by atoms with Crippen LogP contribution in [0.2, 0.25) is 0 Å². The topological polar surface area (TPSA) is 42.7 Å². The second-order valence-electron chi connectivity index (χ2n) is 4.70. The monoisotopic (exact) mass is 242 g/mol. The van der Waals surface area contributed by atoms with Gasteiger partial charge in [0.2, 0.25) is 0 Å². The smallest absolute Gasteiger partial charge is 0.128 e. The third kappa shape index (κ3) is 1.68. The average molecular weight is 242 g/mol. The van der Waals surface area contributed by atoms with Crippen LogP contribution < -0.4 is 5.32 Å². The molecule has 1 atom stereocenters. The number of nitrogens with zero attached hydrogens (tertiary/aromatic N) is 3. The molecule has 4 heteroatoms. The largest absolute Gasteiger partial charge is 0.370 e. The highest BCUT2D eigenvalue weighted by Crippen LogP contribution is 2.31. The molecule has 94 valence electrons. The van der Waals surface area contributed by atoms with Crippen molar-refractivity contribution in [2.24, 2.45) is 0 Å². The van der Waals surface area contributed by atoms with E-state index >= 15 is 0 Å². The van der Waals surface area contributed by atoms with E-state index in [2.05, 4.69) is 34.9 Å². The van der Waals surface area contributed by atoms with E-state index in [1.165, 1.54) is 11.3 Å². The molecule has 1 aliphatic rings. The third-order valence-corrected chi connectivity index (χ3v) is 3.62. The van der Waals surface area contributed by atoms with Crippen LogP contribution in [0, 0.1) is 6.92 Å². The Morgan fingerprint density at radius 1 is 1.44 bits per heavy atom. The molecule has 0 amide bonds. The number of hydrogen-bond acceptors (Lipinski definition) is 3. The standard InChI is InChI=1S/C14H18N4/c1-3-11-10(2)14-16-9-7-13(18(14)17-11)12-6-4-5-8-15-12/h4-6,8,13,16H,3,7,9H2,1-2H3. The molecule has 2 aromatic rings. The van der Waals surface area contributed by atoms with Crippen LogP contribution in [0.15, 0.2) is 24.4 Å². The zero-order valence-corrected chi connectivity index (χ0v) is 10.8. The highest BCUT2D eigenvalue weighted by atomic mass is 15.4. The predicted octanol–water partition coefficient (Wildman–Crippen LogP) is 2.55. The lowest BCUT2D eigenvalue weighted by Gasteiger charge is -2.25. The fourth-order valence-corrected chi connectivity index (χ4v) is 2.63. The van der Waals surface area contributed by atoms with Crippen LogP contribution in [0.1, 0.15) is 36.3 Å². The van der Waals surface area contributed by atoms with Gasteiger partial charge in [-0.15, -0.1) is 0 Å². The summed E-state index contributed by atoms with van der Waals surface area (Å²) in [6, 6.07) is 6.35. The normalized spacial score (nSPS) is 18.2. The molecule has 0 bridgehead atoms. The average Bonchev–Trinajstić information content (AvgIpc) is 2.77. The van der Waals surface area contributed by atoms with Gasteiger partial charge in [0.1, 0.15) is 5.82 Å². The predicted molar refractivity (Wildman–Crippen MR) is 71.8 cm³/mol. The zero-order chi connectivity index (χ0) is 12.5. The maximum Gasteiger partial charge on any atom is 0.128 e. The SMILES string of the molecule is CCc1nn2c(c1C)NCCC2c1ccccn1. The molecule has 3 heterocycles. The minimum Gasteiger partial charge on any atom is -0.370 e. The van der Waals surface area contributed by atoms with Gasteiger partial charge in [0.05, 0.1) is 17.4 Å². The van der Waals surface area contributed by atoms with Crippen molar-refractivity contribution in [2.75, 3.05) is 11.9 Å². The Kier molecular flexibility index (Phi) is 2.78. The summed E-state index contributed by atoms with van der Waals surface area (Å²) in [5.74, 6) is 1.16. The summed E-state index contributed by atoms with van der Waals surface area (Å²) < 4.78 is 2.11. The first kappa shape index (κ1) is 11.3. The van der Waals surface area contributed by atoms with Gasteiger partial charge in [-0.05, 0) is 31.9 Å². The van der Waals surface area contributed by atoms with Crippen molar-refractivity contribution >= 4 is 5.82 Å². The van der Waals surface area contributed by atoms with Crippen molar-refractivity contribution in [3.8, 4) is 0 Å². The lowest BCUT2D eigenvalue weighted by atomic mass is 10.1. The Labute approximate surface area is 107 Å². The van der Waals surface area contributed by atoms with Crippen molar-refractivity contribution in [1.82, 2.24) is 14.8 Å². The molecule has 0 aliphatic carbocycles. The van der Waals surface area contributed by atoms with Crippen LogP contribution in [0.4, 0.5) is 5.82 Å². The molecular weight excluding hydrogens is 224 g/mol. The first-order valence-corrected chi connectivity index (χ1v) is 6.54. The van der Waals surface area contributed by atoms with E-state index < -0.39 is 0 Å². The van der Waals surface area contributed by atoms with E-state index in [0.29, 0.717) is 0 Å². The van der Waals surface area contributed by atoms with Gasteiger partial charge in [-0.3, -0.25) is 4.98 Å². The summed E-state index contributed by atoms with van der Waals surface area (Å²) in [6.07, 6.45) is 3.87. The molecule has 0 spiro atoms. The Bertz CT molecular complexity index is 544. The van der Waals surface area contributed by atoms with Gasteiger partial charge in [-0.2, -0.15) is 5.10 Å². The Morgan fingerprint density at radius 3 is 3.06 bits per heavy atom. The minimum atomic E-state index is 0.265. The first-order valence-electron chi connectivity index (χ1n) is 6.54. The molecule has 4 nitrogen and oxygen atoms in total. The van der Waals surface area contributed by atoms with Crippen molar-refractivity contribution in [3.05, 3.63) is 41.3 Å². The van der Waals surface area contributed by atoms with Crippen LogP contribution in [0.3, 0.4) is 0 Å². The quantitative estimate of drug-likeness (QED) is 0.880. The summed E-state index contributed by atoms with van der Waals surface area (Å²) in [6.45, 7) is 5.28. The molecule has 1 N–H and O–H groups in total. The number of hydrogen-bond donors (Lipinski definition) is 1. The van der Waals surface area contributed by atoms with Crippen molar-refractivity contribution in [2.45, 2.75) is 32.7 Å². The summed E-state index contributed by atoms with van der Waals surface area (Å²) >= 11 is 0. The van der Waals surface area contributed by atoms with Gasteiger partial charge in [-0.25, -0.2) is 4.68 Å². The number of rotatable bonds is 2. The molecule has 18 heavy (non-hydrogen) atoms. The third-order valence-electron chi connectivity index (χ3n) is 3.62. The van der Waals surface area contributed by atoms with Gasteiger partial charge in [0.25, 0.3) is 0 Å². The molecule has 0 saturated carbocycles. The number of fused-ring (bicyclic) bond motifs is 1. The Hall–Kier alpha value is -1.84. The summed E-state index contributed by atoms with van der Waals surface area (Å²) in [7, 11) is 0. The van der Waals surface area contributed by atoms with E-state index in [9.17, 15) is 0 Å². The van der Waals surface area contributed by atoms with Crippen LogP contribution in [0.25, 0.3) is 0 Å². The summed E-state index contributed by atoms with van der Waals surface area (Å²) in [4.78, 5) is 4.48. The van der Waals surface area contributed by atoms with E-state index in [1.807, 2.05) is 18.3 Å². The van der Waals surface area contributed by atoms with Crippen LogP contribution in [0.5, 0.6) is 0 Å². The van der Waals surface area contributed by atoms with E-state index in [-0.39, 0.29) is 6.04 Å². The number of pyridine rings is 1. The van der Waals surface area contributed by atoms with E-state index in [4.69, 9.17) is 5.10 Å². The summed E-state index contributed by atoms with van der Waals surface area (Å²) in [5.41, 5.74) is 3.56. The van der Waals surface area contributed by atoms with Gasteiger partial charge in [0, 0.05) is 18.3 Å². The number of aromatic nitrogens is 3. The fraction of sp³-hybridized carbons (Fsp3) is 0.429. The molecule has 3 rings (SSSR count). The fourth-order valence-electron chi connectivity index (χ4n) is 2.63. The maximum atomic E-state index is 4.74. The lowest BCUT2D eigenvalue weighted by molar-refractivity contribution is 0.468. The molecule has 0 fully saturated rings. The molecule has 1 unspecified atom stereocenters. The molecular formula is C14H18N4. The van der Waals surface area contributed by atoms with Gasteiger partial charge in [0.15, 0.2) is 0 Å². The van der Waals surface area contributed by atoms with Crippen LogP contribution in [-0.4, -0.2) is 21.3 Å². The maximum absolute atomic E-state index is 4.74. The van der Waals surface area contributed by atoms with Crippen molar-refractivity contribution in [1.29, 1.82) is 0 Å². The van der Waals surface area contributed by atoms with Gasteiger partial charge < -0.3 is 5.32 Å². The highest BCUT2D eigenvalue weighted by molar-refractivity contribution is 5.49. The molecule has 0 aromatic carbocycles. The molecule has 0 radical (unpaired) electrons. The second-order valence-corrected chi connectivity index (χ2v) is 4.70. The number of nitrogens with one attached hydrogen (secondary N) is 1. The second kappa shape index (κ2) is 4.44. The molecule has 0 saturated heterocycles. The summed E-state index contributed by atoms with van der Waals surface area (Å²) in [5, 5.41) is 8.20. The zero-order valence-electron chi connectivity index (χ0n) is 10.8. The highest BCUT2D eigenvalue weighted by Gasteiger charge is 2.25. The Balaban J connectivity index is 2.07. The van der Waals surface area contributed by atoms with Gasteiger partial charge >= 0.3 is 0 Å². The van der Waals surface area contributed by atoms with E-state index in [0.717, 1.165) is 30.9 Å². The van der Waals surface area contributed by atoms with Crippen LogP contribution >= 0.6 is 0 Å².